The van der Waals surface area contributed by atoms with Gasteiger partial charge in [-0.25, -0.2) is 0 Å². The minimum atomic E-state index is 0.0811. The predicted molar refractivity (Wildman–Crippen MR) is 83.5 cm³/mol. The quantitative estimate of drug-likeness (QED) is 0.874. The maximum atomic E-state index is 12.7. The molecule has 1 aliphatic heterocycles. The number of likely N-dealkylation sites (tertiary alicyclic amines) is 1. The van der Waals surface area contributed by atoms with Gasteiger partial charge in [0.05, 0.1) is 11.3 Å². The topological polar surface area (TPSA) is 54.5 Å². The van der Waals surface area contributed by atoms with Crippen LogP contribution in [-0.2, 0) is 4.74 Å². The predicted octanol–water partition coefficient (Wildman–Crippen LogP) is 2.40. The number of aromatic nitrogens is 1. The molecule has 0 saturated carbocycles. The van der Waals surface area contributed by atoms with E-state index >= 15 is 0 Å². The average molecular weight is 291 g/mol. The molecule has 0 aliphatic carbocycles. The first-order valence-corrected chi connectivity index (χ1v) is 7.72. The summed E-state index contributed by atoms with van der Waals surface area (Å²) >= 11 is 0. The van der Waals surface area contributed by atoms with Gasteiger partial charge in [-0.2, -0.15) is 0 Å². The third kappa shape index (κ3) is 4.17. The van der Waals surface area contributed by atoms with Crippen LogP contribution < -0.4 is 5.32 Å². The first-order chi connectivity index (χ1) is 10.3. The first kappa shape index (κ1) is 15.8. The summed E-state index contributed by atoms with van der Waals surface area (Å²) in [6.07, 6.45) is 6.44. The van der Waals surface area contributed by atoms with Crippen LogP contribution in [0.1, 0.15) is 36.5 Å². The van der Waals surface area contributed by atoms with E-state index in [2.05, 4.69) is 17.2 Å². The van der Waals surface area contributed by atoms with Crippen LogP contribution >= 0.6 is 0 Å². The van der Waals surface area contributed by atoms with Gasteiger partial charge in [0, 0.05) is 45.7 Å². The van der Waals surface area contributed by atoms with Crippen molar-refractivity contribution in [1.29, 1.82) is 0 Å². The molecule has 0 bridgehead atoms. The van der Waals surface area contributed by atoms with Crippen molar-refractivity contribution in [1.82, 2.24) is 9.88 Å². The summed E-state index contributed by atoms with van der Waals surface area (Å²) in [4.78, 5) is 18.7. The minimum Gasteiger partial charge on any atom is -0.384 e. The fourth-order valence-corrected chi connectivity index (χ4v) is 2.69. The summed E-state index contributed by atoms with van der Waals surface area (Å²) in [5, 5.41) is 3.30. The molecular weight excluding hydrogens is 266 g/mol. The molecule has 1 aliphatic rings. The van der Waals surface area contributed by atoms with Crippen LogP contribution in [-0.4, -0.2) is 49.1 Å². The van der Waals surface area contributed by atoms with Crippen LogP contribution in [0.25, 0.3) is 0 Å². The second-order valence-corrected chi connectivity index (χ2v) is 5.54. The Kier molecular flexibility index (Phi) is 5.99. The standard InChI is InChI=1S/C16H25N3O2/c1-3-7-18-15-4-8-17-11-14(15)16(20)19-9-5-13(6-10-19)12-21-2/h4,8,11,13H,3,5-7,9-10,12H2,1-2H3,(H,17,18). The molecule has 0 aromatic carbocycles. The van der Waals surface area contributed by atoms with E-state index in [-0.39, 0.29) is 5.91 Å². The number of hydrogen-bond acceptors (Lipinski definition) is 4. The number of pyridine rings is 1. The summed E-state index contributed by atoms with van der Waals surface area (Å²) in [6.45, 7) is 5.36. The third-order valence-electron chi connectivity index (χ3n) is 3.92. The monoisotopic (exact) mass is 291 g/mol. The van der Waals surface area contributed by atoms with E-state index in [0.717, 1.165) is 51.2 Å². The van der Waals surface area contributed by atoms with Crippen LogP contribution in [0.4, 0.5) is 5.69 Å². The van der Waals surface area contributed by atoms with Gasteiger partial charge in [-0.3, -0.25) is 9.78 Å². The van der Waals surface area contributed by atoms with Gasteiger partial charge >= 0.3 is 0 Å². The van der Waals surface area contributed by atoms with Crippen LogP contribution in [0.15, 0.2) is 18.5 Å². The summed E-state index contributed by atoms with van der Waals surface area (Å²) in [7, 11) is 1.73. The van der Waals surface area contributed by atoms with E-state index < -0.39 is 0 Å². The Balaban J connectivity index is 2.00. The third-order valence-corrected chi connectivity index (χ3v) is 3.92. The number of carbonyl (C=O) groups excluding carboxylic acids is 1. The van der Waals surface area contributed by atoms with Gasteiger partial charge in [0.1, 0.15) is 0 Å². The number of rotatable bonds is 6. The number of anilines is 1. The van der Waals surface area contributed by atoms with Crippen molar-refractivity contribution in [2.75, 3.05) is 38.7 Å². The molecule has 116 valence electrons. The van der Waals surface area contributed by atoms with Gasteiger partial charge in [-0.15, -0.1) is 0 Å². The molecule has 0 spiro atoms. The molecule has 21 heavy (non-hydrogen) atoms. The van der Waals surface area contributed by atoms with Crippen molar-refractivity contribution in [2.45, 2.75) is 26.2 Å². The molecule has 5 heteroatoms. The van der Waals surface area contributed by atoms with Gasteiger partial charge in [-0.1, -0.05) is 6.92 Å². The van der Waals surface area contributed by atoms with Crippen molar-refractivity contribution in [2.24, 2.45) is 5.92 Å². The zero-order valence-corrected chi connectivity index (χ0v) is 13.0. The normalized spacial score (nSPS) is 16.0. The molecule has 1 saturated heterocycles. The molecule has 1 amide bonds. The highest BCUT2D eigenvalue weighted by Gasteiger charge is 2.25. The van der Waals surface area contributed by atoms with Crippen molar-refractivity contribution in [3.05, 3.63) is 24.0 Å². The zero-order valence-electron chi connectivity index (χ0n) is 13.0. The van der Waals surface area contributed by atoms with Crippen molar-refractivity contribution < 1.29 is 9.53 Å². The molecule has 1 aromatic heterocycles. The summed E-state index contributed by atoms with van der Waals surface area (Å²) in [6, 6.07) is 1.88. The van der Waals surface area contributed by atoms with E-state index in [0.29, 0.717) is 11.5 Å². The van der Waals surface area contributed by atoms with Crippen LogP contribution in [0.3, 0.4) is 0 Å². The van der Waals surface area contributed by atoms with Crippen molar-refractivity contribution in [3.63, 3.8) is 0 Å². The molecule has 0 unspecified atom stereocenters. The lowest BCUT2D eigenvalue weighted by Gasteiger charge is -2.32. The average Bonchev–Trinajstić information content (AvgIpc) is 2.53. The number of hydrogen-bond donors (Lipinski definition) is 1. The van der Waals surface area contributed by atoms with Gasteiger partial charge in [0.25, 0.3) is 5.91 Å². The minimum absolute atomic E-state index is 0.0811. The van der Waals surface area contributed by atoms with Crippen LogP contribution in [0, 0.1) is 5.92 Å². The fraction of sp³-hybridized carbons (Fsp3) is 0.625. The molecule has 2 rings (SSSR count). The number of nitrogens with zero attached hydrogens (tertiary/aromatic N) is 2. The lowest BCUT2D eigenvalue weighted by atomic mass is 9.97. The summed E-state index contributed by atoms with van der Waals surface area (Å²) in [5.74, 6) is 0.656. The number of amides is 1. The Morgan fingerprint density at radius 3 is 2.90 bits per heavy atom. The zero-order chi connectivity index (χ0) is 15.1. The highest BCUT2D eigenvalue weighted by Crippen LogP contribution is 2.22. The highest BCUT2D eigenvalue weighted by molar-refractivity contribution is 5.99. The van der Waals surface area contributed by atoms with Crippen molar-refractivity contribution in [3.8, 4) is 0 Å². The SMILES string of the molecule is CCCNc1ccncc1C(=O)N1CCC(COC)CC1. The molecule has 1 aromatic rings. The fourth-order valence-electron chi connectivity index (χ4n) is 2.69. The molecule has 0 radical (unpaired) electrons. The summed E-state index contributed by atoms with van der Waals surface area (Å²) < 4.78 is 5.20. The molecular formula is C16H25N3O2. The van der Waals surface area contributed by atoms with Crippen molar-refractivity contribution >= 4 is 11.6 Å². The van der Waals surface area contributed by atoms with E-state index in [1.54, 1.807) is 19.5 Å². The lowest BCUT2D eigenvalue weighted by Crippen LogP contribution is -2.39. The molecule has 1 fully saturated rings. The molecule has 0 atom stereocenters. The van der Waals surface area contributed by atoms with Crippen LogP contribution in [0.5, 0.6) is 0 Å². The van der Waals surface area contributed by atoms with E-state index in [1.807, 2.05) is 11.0 Å². The molecule has 1 N–H and O–H groups in total. The second-order valence-electron chi connectivity index (χ2n) is 5.54. The number of piperidine rings is 1. The lowest BCUT2D eigenvalue weighted by molar-refractivity contribution is 0.0614. The van der Waals surface area contributed by atoms with E-state index in [4.69, 9.17) is 4.74 Å². The van der Waals surface area contributed by atoms with Gasteiger partial charge in [0.2, 0.25) is 0 Å². The molecule has 5 nitrogen and oxygen atoms in total. The number of carbonyl (C=O) groups is 1. The Morgan fingerprint density at radius 1 is 1.48 bits per heavy atom. The number of methoxy groups -OCH3 is 1. The number of ether oxygens (including phenoxy) is 1. The van der Waals surface area contributed by atoms with Crippen LogP contribution in [0.2, 0.25) is 0 Å². The first-order valence-electron chi connectivity index (χ1n) is 7.72. The Hall–Kier alpha value is -1.62. The Bertz CT molecular complexity index is 457. The van der Waals surface area contributed by atoms with Gasteiger partial charge < -0.3 is 15.0 Å². The molecule has 2 heterocycles. The highest BCUT2D eigenvalue weighted by atomic mass is 16.5. The van der Waals surface area contributed by atoms with E-state index in [9.17, 15) is 4.79 Å². The maximum Gasteiger partial charge on any atom is 0.257 e. The Morgan fingerprint density at radius 2 is 2.24 bits per heavy atom. The van der Waals surface area contributed by atoms with E-state index in [1.165, 1.54) is 0 Å². The second kappa shape index (κ2) is 7.98. The van der Waals surface area contributed by atoms with Gasteiger partial charge in [-0.05, 0) is 31.2 Å². The largest absolute Gasteiger partial charge is 0.384 e. The van der Waals surface area contributed by atoms with Gasteiger partial charge in [0.15, 0.2) is 0 Å². The summed E-state index contributed by atoms with van der Waals surface area (Å²) in [5.41, 5.74) is 1.56. The smallest absolute Gasteiger partial charge is 0.257 e. The number of nitrogens with one attached hydrogen (secondary N) is 1. The maximum absolute atomic E-state index is 12.7. The Labute approximate surface area is 126 Å².